The number of para-hydroxylation sites is 1. The maximum atomic E-state index is 13.1. The second kappa shape index (κ2) is 5.50. The molecule has 2 aromatic carbocycles. The minimum absolute atomic E-state index is 0.342. The molecule has 2 aromatic rings. The normalized spacial score (nSPS) is 12.2. The molecule has 94 valence electrons. The summed E-state index contributed by atoms with van der Waals surface area (Å²) in [5, 5.41) is 9.63. The molecule has 0 aliphatic carbocycles. The first kappa shape index (κ1) is 13.1. The van der Waals surface area contributed by atoms with Crippen LogP contribution in [-0.2, 0) is 0 Å². The van der Waals surface area contributed by atoms with Crippen molar-refractivity contribution in [3.8, 4) is 11.5 Å². The van der Waals surface area contributed by atoms with Gasteiger partial charge in [0.2, 0.25) is 0 Å². The molecule has 0 amide bonds. The smallest absolute Gasteiger partial charge is 0.137 e. The highest BCUT2D eigenvalue weighted by Gasteiger charge is 2.09. The Balaban J connectivity index is 2.31. The predicted octanol–water partition coefficient (Wildman–Crippen LogP) is 4.43. The molecule has 1 atom stereocenters. The average molecular weight is 311 g/mol. The van der Waals surface area contributed by atoms with Gasteiger partial charge in [0.05, 0.1) is 10.6 Å². The zero-order valence-electron chi connectivity index (χ0n) is 9.73. The number of hydrogen-bond donors (Lipinski definition) is 1. The van der Waals surface area contributed by atoms with Crippen LogP contribution in [0, 0.1) is 5.82 Å². The molecule has 4 heteroatoms. The van der Waals surface area contributed by atoms with E-state index in [2.05, 4.69) is 15.9 Å². The van der Waals surface area contributed by atoms with Crippen molar-refractivity contribution in [1.29, 1.82) is 0 Å². The van der Waals surface area contributed by atoms with E-state index in [0.717, 1.165) is 0 Å². The molecular weight excluding hydrogens is 299 g/mol. The molecule has 0 spiro atoms. The predicted molar refractivity (Wildman–Crippen MR) is 71.2 cm³/mol. The van der Waals surface area contributed by atoms with E-state index < -0.39 is 6.10 Å². The van der Waals surface area contributed by atoms with Crippen molar-refractivity contribution in [3.05, 3.63) is 58.3 Å². The van der Waals surface area contributed by atoms with Crippen molar-refractivity contribution in [2.75, 3.05) is 0 Å². The third-order valence-electron chi connectivity index (χ3n) is 2.49. The Morgan fingerprint density at radius 3 is 2.61 bits per heavy atom. The number of benzene rings is 2. The van der Waals surface area contributed by atoms with Crippen molar-refractivity contribution < 1.29 is 14.2 Å². The molecule has 18 heavy (non-hydrogen) atoms. The number of rotatable bonds is 3. The third-order valence-corrected chi connectivity index (χ3v) is 3.10. The molecule has 0 saturated carbocycles. The SMILES string of the molecule is C[C@H](O)c1ccccc1Oc1ccc(F)c(Br)c1. The van der Waals surface area contributed by atoms with Crippen molar-refractivity contribution in [1.82, 2.24) is 0 Å². The minimum Gasteiger partial charge on any atom is -0.457 e. The molecule has 0 saturated heterocycles. The first-order chi connectivity index (χ1) is 8.58. The van der Waals surface area contributed by atoms with Gasteiger partial charge >= 0.3 is 0 Å². The largest absolute Gasteiger partial charge is 0.457 e. The quantitative estimate of drug-likeness (QED) is 0.908. The van der Waals surface area contributed by atoms with Gasteiger partial charge in [0.25, 0.3) is 0 Å². The summed E-state index contributed by atoms with van der Waals surface area (Å²) < 4.78 is 19.1. The number of hydrogen-bond acceptors (Lipinski definition) is 2. The lowest BCUT2D eigenvalue weighted by Crippen LogP contribution is -1.95. The van der Waals surface area contributed by atoms with Crippen LogP contribution in [0.25, 0.3) is 0 Å². The van der Waals surface area contributed by atoms with Crippen LogP contribution in [0.3, 0.4) is 0 Å². The highest BCUT2D eigenvalue weighted by atomic mass is 79.9. The summed E-state index contributed by atoms with van der Waals surface area (Å²) in [5.74, 6) is 0.730. The monoisotopic (exact) mass is 310 g/mol. The molecule has 0 aliphatic heterocycles. The van der Waals surface area contributed by atoms with Gasteiger partial charge in [-0.1, -0.05) is 18.2 Å². The molecule has 2 nitrogen and oxygen atoms in total. The van der Waals surface area contributed by atoms with Crippen LogP contribution in [0.2, 0.25) is 0 Å². The maximum Gasteiger partial charge on any atom is 0.137 e. The summed E-state index contributed by atoms with van der Waals surface area (Å²) in [4.78, 5) is 0. The lowest BCUT2D eigenvalue weighted by atomic mass is 10.1. The summed E-state index contributed by atoms with van der Waals surface area (Å²) >= 11 is 3.10. The van der Waals surface area contributed by atoms with Crippen LogP contribution in [0.4, 0.5) is 4.39 Å². The number of ether oxygens (including phenoxy) is 1. The Morgan fingerprint density at radius 1 is 1.22 bits per heavy atom. The van der Waals surface area contributed by atoms with Crippen molar-refractivity contribution >= 4 is 15.9 Å². The third kappa shape index (κ3) is 2.89. The summed E-state index contributed by atoms with van der Waals surface area (Å²) in [6.07, 6.45) is -0.620. The van der Waals surface area contributed by atoms with E-state index in [1.807, 2.05) is 12.1 Å². The van der Waals surface area contributed by atoms with Gasteiger partial charge in [-0.2, -0.15) is 0 Å². The number of aliphatic hydroxyl groups is 1. The topological polar surface area (TPSA) is 29.5 Å². The van der Waals surface area contributed by atoms with Crippen LogP contribution < -0.4 is 4.74 Å². The average Bonchev–Trinajstić information content (AvgIpc) is 2.34. The second-order valence-corrected chi connectivity index (χ2v) is 4.75. The van der Waals surface area contributed by atoms with Gasteiger partial charge in [-0.05, 0) is 47.1 Å². The highest BCUT2D eigenvalue weighted by molar-refractivity contribution is 9.10. The summed E-state index contributed by atoms with van der Waals surface area (Å²) in [5.41, 5.74) is 0.693. The number of aliphatic hydroxyl groups excluding tert-OH is 1. The molecule has 0 heterocycles. The molecule has 0 radical (unpaired) electrons. The molecule has 0 fully saturated rings. The highest BCUT2D eigenvalue weighted by Crippen LogP contribution is 2.31. The molecule has 0 bridgehead atoms. The van der Waals surface area contributed by atoms with Gasteiger partial charge in [0.15, 0.2) is 0 Å². The van der Waals surface area contributed by atoms with Crippen LogP contribution in [0.1, 0.15) is 18.6 Å². The van der Waals surface area contributed by atoms with E-state index in [-0.39, 0.29) is 5.82 Å². The summed E-state index contributed by atoms with van der Waals surface area (Å²) in [6.45, 7) is 1.67. The lowest BCUT2D eigenvalue weighted by molar-refractivity contribution is 0.195. The van der Waals surface area contributed by atoms with E-state index in [4.69, 9.17) is 4.74 Å². The fourth-order valence-electron chi connectivity index (χ4n) is 1.59. The first-order valence-electron chi connectivity index (χ1n) is 5.48. The zero-order valence-corrected chi connectivity index (χ0v) is 11.3. The van der Waals surface area contributed by atoms with E-state index in [0.29, 0.717) is 21.5 Å². The van der Waals surface area contributed by atoms with Gasteiger partial charge in [-0.3, -0.25) is 0 Å². The van der Waals surface area contributed by atoms with Crippen LogP contribution in [0.15, 0.2) is 46.9 Å². The van der Waals surface area contributed by atoms with Gasteiger partial charge in [0, 0.05) is 5.56 Å². The van der Waals surface area contributed by atoms with E-state index in [1.54, 1.807) is 31.2 Å². The van der Waals surface area contributed by atoms with Crippen molar-refractivity contribution in [2.45, 2.75) is 13.0 Å². The van der Waals surface area contributed by atoms with Gasteiger partial charge in [0.1, 0.15) is 17.3 Å². The Morgan fingerprint density at radius 2 is 1.94 bits per heavy atom. The Bertz CT molecular complexity index is 555. The van der Waals surface area contributed by atoms with Gasteiger partial charge in [-0.25, -0.2) is 4.39 Å². The van der Waals surface area contributed by atoms with E-state index in [9.17, 15) is 9.50 Å². The second-order valence-electron chi connectivity index (χ2n) is 3.89. The molecule has 1 N–H and O–H groups in total. The summed E-state index contributed by atoms with van der Waals surface area (Å²) in [7, 11) is 0. The Labute approximate surface area is 113 Å². The number of halogens is 2. The Hall–Kier alpha value is -1.39. The Kier molecular flexibility index (Phi) is 3.99. The van der Waals surface area contributed by atoms with Crippen molar-refractivity contribution in [3.63, 3.8) is 0 Å². The molecule has 0 unspecified atom stereocenters. The summed E-state index contributed by atoms with van der Waals surface area (Å²) in [6, 6.07) is 11.6. The fraction of sp³-hybridized carbons (Fsp3) is 0.143. The first-order valence-corrected chi connectivity index (χ1v) is 6.27. The van der Waals surface area contributed by atoms with E-state index in [1.165, 1.54) is 6.07 Å². The maximum absolute atomic E-state index is 13.1. The lowest BCUT2D eigenvalue weighted by Gasteiger charge is -2.13. The van der Waals surface area contributed by atoms with Gasteiger partial charge in [-0.15, -0.1) is 0 Å². The van der Waals surface area contributed by atoms with Crippen molar-refractivity contribution in [2.24, 2.45) is 0 Å². The van der Waals surface area contributed by atoms with Crippen LogP contribution in [0.5, 0.6) is 11.5 Å². The molecule has 0 aliphatic rings. The molecular formula is C14H12BrFO2. The van der Waals surface area contributed by atoms with E-state index >= 15 is 0 Å². The molecule has 0 aromatic heterocycles. The fourth-order valence-corrected chi connectivity index (χ4v) is 1.94. The van der Waals surface area contributed by atoms with Gasteiger partial charge < -0.3 is 9.84 Å². The minimum atomic E-state index is -0.620. The van der Waals surface area contributed by atoms with Crippen LogP contribution >= 0.6 is 15.9 Å². The molecule has 2 rings (SSSR count). The zero-order chi connectivity index (χ0) is 13.1. The van der Waals surface area contributed by atoms with Crippen LogP contribution in [-0.4, -0.2) is 5.11 Å². The standard InChI is InChI=1S/C14H12BrFO2/c1-9(17)11-4-2-3-5-14(11)18-10-6-7-13(16)12(15)8-10/h2-9,17H,1H3/t9-/m0/s1.